The third-order valence-electron chi connectivity index (χ3n) is 1.19. The van der Waals surface area contributed by atoms with Gasteiger partial charge in [0.2, 0.25) is 16.5 Å². The number of aromatic nitrogens is 3. The number of hydrogen-bond acceptors (Lipinski definition) is 4. The van der Waals surface area contributed by atoms with Crippen molar-refractivity contribution in [3.05, 3.63) is 22.7 Å². The fourth-order valence-electron chi connectivity index (χ4n) is 0.673. The van der Waals surface area contributed by atoms with E-state index in [2.05, 4.69) is 20.3 Å². The third kappa shape index (κ3) is 3.57. The van der Waals surface area contributed by atoms with E-state index in [0.717, 1.165) is 0 Å². The summed E-state index contributed by atoms with van der Waals surface area (Å²) in [5.41, 5.74) is 0. The highest BCUT2D eigenvalue weighted by Gasteiger charge is 2.00. The number of anilines is 1. The standard InChI is InChI=1S/C7H8Cl2N4/c1-2-3-4-10-7-12-5(8)11-6(9)13-7/h2-3H,4H2,1H3,(H,10,11,12,13). The second kappa shape index (κ2) is 4.99. The van der Waals surface area contributed by atoms with Crippen molar-refractivity contribution >= 4 is 29.2 Å². The fourth-order valence-corrected chi connectivity index (χ4v) is 1.04. The van der Waals surface area contributed by atoms with Crippen LogP contribution in [0.15, 0.2) is 12.2 Å². The van der Waals surface area contributed by atoms with Crippen LogP contribution in [0.3, 0.4) is 0 Å². The largest absolute Gasteiger partial charge is 0.351 e. The molecule has 0 fully saturated rings. The Morgan fingerprint density at radius 3 is 2.38 bits per heavy atom. The predicted molar refractivity (Wildman–Crippen MR) is 53.2 cm³/mol. The minimum Gasteiger partial charge on any atom is -0.351 e. The summed E-state index contributed by atoms with van der Waals surface area (Å²) in [6.45, 7) is 2.56. The zero-order chi connectivity index (χ0) is 9.68. The predicted octanol–water partition coefficient (Wildman–Crippen LogP) is 2.17. The lowest BCUT2D eigenvalue weighted by molar-refractivity contribution is 1.03. The zero-order valence-corrected chi connectivity index (χ0v) is 8.47. The molecule has 70 valence electrons. The molecule has 0 aliphatic heterocycles. The van der Waals surface area contributed by atoms with E-state index in [-0.39, 0.29) is 10.6 Å². The molecule has 1 aromatic heterocycles. The summed E-state index contributed by atoms with van der Waals surface area (Å²) in [5, 5.41) is 3.08. The van der Waals surface area contributed by atoms with E-state index in [1.54, 1.807) is 0 Å². The highest BCUT2D eigenvalue weighted by atomic mass is 35.5. The normalized spacial score (nSPS) is 10.7. The minimum atomic E-state index is 0.0861. The van der Waals surface area contributed by atoms with Gasteiger partial charge in [-0.15, -0.1) is 0 Å². The molecular formula is C7H8Cl2N4. The maximum absolute atomic E-state index is 5.56. The number of rotatable bonds is 3. The van der Waals surface area contributed by atoms with Crippen molar-refractivity contribution in [2.45, 2.75) is 6.92 Å². The van der Waals surface area contributed by atoms with Crippen LogP contribution in [0.4, 0.5) is 5.95 Å². The first kappa shape index (κ1) is 10.2. The average molecular weight is 219 g/mol. The molecule has 0 aliphatic rings. The molecule has 0 bridgehead atoms. The van der Waals surface area contributed by atoms with Gasteiger partial charge in [-0.25, -0.2) is 0 Å². The second-order valence-corrected chi connectivity index (χ2v) is 2.82. The number of halogens is 2. The molecule has 1 aromatic rings. The lowest BCUT2D eigenvalue weighted by Gasteiger charge is -2.00. The maximum atomic E-state index is 5.56. The van der Waals surface area contributed by atoms with Gasteiger partial charge in [-0.05, 0) is 30.1 Å². The number of allylic oxidation sites excluding steroid dienone is 1. The molecule has 0 aliphatic carbocycles. The average Bonchev–Trinajstić information content (AvgIpc) is 2.03. The molecule has 0 atom stereocenters. The lowest BCUT2D eigenvalue weighted by Crippen LogP contribution is -2.04. The molecular weight excluding hydrogens is 211 g/mol. The third-order valence-corrected chi connectivity index (χ3v) is 1.53. The summed E-state index contributed by atoms with van der Waals surface area (Å²) in [7, 11) is 0. The van der Waals surface area contributed by atoms with Gasteiger partial charge >= 0.3 is 0 Å². The molecule has 1 heterocycles. The Hall–Kier alpha value is -0.870. The van der Waals surface area contributed by atoms with E-state index in [9.17, 15) is 0 Å². The monoisotopic (exact) mass is 218 g/mol. The van der Waals surface area contributed by atoms with Crippen LogP contribution >= 0.6 is 23.2 Å². The lowest BCUT2D eigenvalue weighted by atomic mass is 10.5. The van der Waals surface area contributed by atoms with E-state index >= 15 is 0 Å². The maximum Gasteiger partial charge on any atom is 0.228 e. The van der Waals surface area contributed by atoms with Gasteiger partial charge in [-0.3, -0.25) is 0 Å². The van der Waals surface area contributed by atoms with Crippen LogP contribution in [0.2, 0.25) is 10.6 Å². The molecule has 0 saturated carbocycles. The molecule has 1 rings (SSSR count). The minimum absolute atomic E-state index is 0.0861. The molecule has 0 radical (unpaired) electrons. The van der Waals surface area contributed by atoms with Gasteiger partial charge in [0, 0.05) is 6.54 Å². The Morgan fingerprint density at radius 2 is 1.85 bits per heavy atom. The first-order valence-corrected chi connectivity index (χ1v) is 4.40. The van der Waals surface area contributed by atoms with Crippen LogP contribution in [0.25, 0.3) is 0 Å². The van der Waals surface area contributed by atoms with Crippen molar-refractivity contribution < 1.29 is 0 Å². The molecule has 0 aromatic carbocycles. The van der Waals surface area contributed by atoms with Crippen LogP contribution in [-0.2, 0) is 0 Å². The quantitative estimate of drug-likeness (QED) is 0.791. The van der Waals surface area contributed by atoms with E-state index < -0.39 is 0 Å². The number of nitrogens with one attached hydrogen (secondary N) is 1. The Labute approximate surface area is 86.0 Å². The van der Waals surface area contributed by atoms with Crippen molar-refractivity contribution in [1.82, 2.24) is 15.0 Å². The zero-order valence-electron chi connectivity index (χ0n) is 6.96. The SMILES string of the molecule is CC=CCNc1nc(Cl)nc(Cl)n1. The number of nitrogens with zero attached hydrogens (tertiary/aromatic N) is 3. The Kier molecular flexibility index (Phi) is 3.92. The molecule has 0 saturated heterocycles. The van der Waals surface area contributed by atoms with Gasteiger partial charge in [0.05, 0.1) is 0 Å². The second-order valence-electron chi connectivity index (χ2n) is 2.15. The molecule has 4 nitrogen and oxygen atoms in total. The van der Waals surface area contributed by atoms with Crippen molar-refractivity contribution in [2.24, 2.45) is 0 Å². The van der Waals surface area contributed by atoms with E-state index in [0.29, 0.717) is 12.5 Å². The Morgan fingerprint density at radius 1 is 1.23 bits per heavy atom. The van der Waals surface area contributed by atoms with Gasteiger partial charge in [-0.2, -0.15) is 15.0 Å². The summed E-state index contributed by atoms with van der Waals surface area (Å²) in [6, 6.07) is 0. The summed E-state index contributed by atoms with van der Waals surface area (Å²) >= 11 is 11.1. The van der Waals surface area contributed by atoms with E-state index in [4.69, 9.17) is 23.2 Å². The first-order chi connectivity index (χ1) is 6.22. The molecule has 1 N–H and O–H groups in total. The van der Waals surface area contributed by atoms with Gasteiger partial charge in [0.1, 0.15) is 0 Å². The molecule has 13 heavy (non-hydrogen) atoms. The van der Waals surface area contributed by atoms with Crippen molar-refractivity contribution in [3.8, 4) is 0 Å². The highest BCUT2D eigenvalue weighted by molar-refractivity contribution is 6.31. The van der Waals surface area contributed by atoms with Crippen LogP contribution in [0.5, 0.6) is 0 Å². The van der Waals surface area contributed by atoms with Crippen LogP contribution < -0.4 is 5.32 Å². The Balaban J connectivity index is 2.66. The topological polar surface area (TPSA) is 50.7 Å². The first-order valence-electron chi connectivity index (χ1n) is 3.64. The smallest absolute Gasteiger partial charge is 0.228 e. The van der Waals surface area contributed by atoms with Crippen molar-refractivity contribution in [3.63, 3.8) is 0 Å². The van der Waals surface area contributed by atoms with Gasteiger partial charge < -0.3 is 5.32 Å². The Bertz CT molecular complexity index is 293. The highest BCUT2D eigenvalue weighted by Crippen LogP contribution is 2.08. The van der Waals surface area contributed by atoms with Crippen LogP contribution in [0, 0.1) is 0 Å². The molecule has 0 amide bonds. The number of hydrogen-bond donors (Lipinski definition) is 1. The van der Waals surface area contributed by atoms with Gasteiger partial charge in [0.25, 0.3) is 0 Å². The summed E-state index contributed by atoms with van der Waals surface area (Å²) in [6.07, 6.45) is 3.84. The molecule has 6 heteroatoms. The summed E-state index contributed by atoms with van der Waals surface area (Å²) in [4.78, 5) is 11.3. The van der Waals surface area contributed by atoms with Crippen molar-refractivity contribution in [2.75, 3.05) is 11.9 Å². The van der Waals surface area contributed by atoms with Crippen molar-refractivity contribution in [1.29, 1.82) is 0 Å². The summed E-state index contributed by atoms with van der Waals surface area (Å²) < 4.78 is 0. The fraction of sp³-hybridized carbons (Fsp3) is 0.286. The molecule has 0 spiro atoms. The molecule has 0 unspecified atom stereocenters. The van der Waals surface area contributed by atoms with E-state index in [1.165, 1.54) is 0 Å². The summed E-state index contributed by atoms with van der Waals surface area (Å²) in [5.74, 6) is 0.378. The van der Waals surface area contributed by atoms with Crippen LogP contribution in [0.1, 0.15) is 6.92 Å². The van der Waals surface area contributed by atoms with Gasteiger partial charge in [-0.1, -0.05) is 12.2 Å². The van der Waals surface area contributed by atoms with E-state index in [1.807, 2.05) is 19.1 Å². The van der Waals surface area contributed by atoms with Gasteiger partial charge in [0.15, 0.2) is 0 Å². The van der Waals surface area contributed by atoms with Crippen LogP contribution in [-0.4, -0.2) is 21.5 Å².